The lowest BCUT2D eigenvalue weighted by Gasteiger charge is -2.23. The Kier molecular flexibility index (Phi) is 5.20. The van der Waals surface area contributed by atoms with Crippen LogP contribution in [0.5, 0.6) is 23.0 Å². The molecule has 1 atom stereocenters. The van der Waals surface area contributed by atoms with Gasteiger partial charge in [0.05, 0.1) is 13.2 Å². The first kappa shape index (κ1) is 22.5. The van der Waals surface area contributed by atoms with E-state index in [1.807, 2.05) is 0 Å². The zero-order chi connectivity index (χ0) is 24.9. The lowest BCUT2D eigenvalue weighted by atomic mass is 9.91. The summed E-state index contributed by atoms with van der Waals surface area (Å²) in [7, 11) is 0. The van der Waals surface area contributed by atoms with Crippen molar-refractivity contribution in [3.63, 3.8) is 0 Å². The van der Waals surface area contributed by atoms with E-state index in [1.54, 1.807) is 43.3 Å². The fraction of sp³-hybridized carbons (Fsp3) is 0.423. The quantitative estimate of drug-likeness (QED) is 0.628. The molecule has 2 N–H and O–H groups in total. The molecule has 2 fully saturated rings. The highest BCUT2D eigenvalue weighted by molar-refractivity contribution is 6.10. The van der Waals surface area contributed by atoms with Crippen LogP contribution in [-0.4, -0.2) is 48.3 Å². The molecule has 0 radical (unpaired) electrons. The zero-order valence-corrected chi connectivity index (χ0v) is 19.9. The molecule has 4 amide bonds. The van der Waals surface area contributed by atoms with E-state index in [-0.39, 0.29) is 0 Å². The summed E-state index contributed by atoms with van der Waals surface area (Å²) in [4.78, 5) is 39.7. The second-order valence-electron chi connectivity index (χ2n) is 9.69. The van der Waals surface area contributed by atoms with Gasteiger partial charge < -0.3 is 29.6 Å². The van der Waals surface area contributed by atoms with E-state index in [1.165, 1.54) is 0 Å². The Labute approximate surface area is 207 Å². The average Bonchev–Trinajstić information content (AvgIpc) is 3.45. The molecule has 1 saturated heterocycles. The first-order valence-electron chi connectivity index (χ1n) is 12.2. The monoisotopic (exact) mass is 493 g/mol. The maximum atomic E-state index is 13.3. The summed E-state index contributed by atoms with van der Waals surface area (Å²) in [6, 6.07) is 9.68. The lowest BCUT2D eigenvalue weighted by Crippen LogP contribution is -2.42. The highest BCUT2D eigenvalue weighted by Crippen LogP contribution is 2.47. The molecule has 3 aliphatic heterocycles. The Hall–Kier alpha value is -3.95. The Bertz CT molecular complexity index is 1260. The van der Waals surface area contributed by atoms with Crippen LogP contribution in [0.2, 0.25) is 0 Å². The number of imide groups is 1. The number of benzene rings is 2. The maximum absolute atomic E-state index is 13.3. The van der Waals surface area contributed by atoms with Gasteiger partial charge in [-0.15, -0.1) is 0 Å². The van der Waals surface area contributed by atoms with E-state index < -0.39 is 35.7 Å². The highest BCUT2D eigenvalue weighted by atomic mass is 16.7. The molecule has 10 nitrogen and oxygen atoms in total. The van der Waals surface area contributed by atoms with Crippen LogP contribution in [-0.2, 0) is 15.1 Å². The number of hydrogen-bond donors (Lipinski definition) is 2. The predicted molar refractivity (Wildman–Crippen MR) is 127 cm³/mol. The molecule has 2 aromatic rings. The smallest absolute Gasteiger partial charge is 0.325 e. The van der Waals surface area contributed by atoms with Crippen molar-refractivity contribution in [1.29, 1.82) is 0 Å². The van der Waals surface area contributed by atoms with Crippen molar-refractivity contribution in [2.75, 3.05) is 25.1 Å². The molecule has 2 aromatic carbocycles. The summed E-state index contributed by atoms with van der Waals surface area (Å²) in [6.45, 7) is 2.23. The highest BCUT2D eigenvalue weighted by Gasteiger charge is 2.50. The van der Waals surface area contributed by atoms with Gasteiger partial charge in [0, 0.05) is 31.0 Å². The minimum Gasteiger partial charge on any atom is -0.490 e. The van der Waals surface area contributed by atoms with Crippen molar-refractivity contribution >= 4 is 23.5 Å². The largest absolute Gasteiger partial charge is 0.490 e. The number of fused-ring (bicyclic) bond motifs is 2. The van der Waals surface area contributed by atoms with E-state index in [0.29, 0.717) is 47.5 Å². The number of hydrogen-bond acceptors (Lipinski definition) is 7. The predicted octanol–water partition coefficient (Wildman–Crippen LogP) is 3.30. The minimum absolute atomic E-state index is 0.427. The van der Waals surface area contributed by atoms with Crippen molar-refractivity contribution in [2.24, 2.45) is 0 Å². The molecule has 4 aliphatic rings. The summed E-state index contributed by atoms with van der Waals surface area (Å²) >= 11 is 0. The van der Waals surface area contributed by atoms with E-state index in [9.17, 15) is 14.4 Å². The van der Waals surface area contributed by atoms with Crippen molar-refractivity contribution in [2.45, 2.75) is 50.4 Å². The number of carbonyl (C=O) groups excluding carboxylic acids is 3. The molecule has 188 valence electrons. The summed E-state index contributed by atoms with van der Waals surface area (Å²) in [5.74, 6) is 0.716. The molecule has 0 unspecified atom stereocenters. The Balaban J connectivity index is 1.14. The SMILES string of the molecule is C[C@@]1(c2ccc3c(c2)OCCCO3)NC(=O)N(CC(=O)Nc2ccc3c(c2)OC2(CCCC2)O3)C1=O. The number of rotatable bonds is 4. The second-order valence-corrected chi connectivity index (χ2v) is 9.69. The fourth-order valence-corrected chi connectivity index (χ4v) is 5.14. The van der Waals surface area contributed by atoms with Crippen molar-refractivity contribution in [3.8, 4) is 23.0 Å². The summed E-state index contributed by atoms with van der Waals surface area (Å²) in [5, 5.41) is 5.47. The number of nitrogens with one attached hydrogen (secondary N) is 2. The molecule has 3 heterocycles. The average molecular weight is 494 g/mol. The molecule has 1 saturated carbocycles. The van der Waals surface area contributed by atoms with Crippen LogP contribution in [0.3, 0.4) is 0 Å². The van der Waals surface area contributed by atoms with E-state index in [4.69, 9.17) is 18.9 Å². The Morgan fingerprint density at radius 2 is 1.67 bits per heavy atom. The minimum atomic E-state index is -1.34. The second kappa shape index (κ2) is 8.32. The van der Waals surface area contributed by atoms with Gasteiger partial charge in [0.1, 0.15) is 12.1 Å². The van der Waals surface area contributed by atoms with Crippen LogP contribution < -0.4 is 29.6 Å². The third kappa shape index (κ3) is 3.77. The summed E-state index contributed by atoms with van der Waals surface area (Å²) in [6.07, 6.45) is 4.52. The van der Waals surface area contributed by atoms with Gasteiger partial charge in [-0.3, -0.25) is 14.5 Å². The van der Waals surface area contributed by atoms with Gasteiger partial charge in [-0.2, -0.15) is 0 Å². The Morgan fingerprint density at radius 1 is 0.944 bits per heavy atom. The van der Waals surface area contributed by atoms with Gasteiger partial charge in [0.2, 0.25) is 5.91 Å². The number of amides is 4. The fourth-order valence-electron chi connectivity index (χ4n) is 5.14. The molecule has 1 aliphatic carbocycles. The van der Waals surface area contributed by atoms with Crippen molar-refractivity contribution < 1.29 is 33.3 Å². The molecule has 0 aromatic heterocycles. The first-order valence-corrected chi connectivity index (χ1v) is 12.2. The number of ether oxygens (including phenoxy) is 4. The van der Waals surface area contributed by atoms with Gasteiger partial charge in [-0.05, 0) is 49.6 Å². The molecule has 1 spiro atoms. The number of urea groups is 1. The number of nitrogens with zero attached hydrogens (tertiary/aromatic N) is 1. The normalized spacial score (nSPS) is 23.5. The standard InChI is InChI=1S/C26H27N3O7/c1-25(16-5-7-18-20(13-16)34-12-4-11-33-18)23(31)29(24(32)28-25)15-22(30)27-17-6-8-19-21(14-17)36-26(35-19)9-2-3-10-26/h5-8,13-14H,2-4,9-12,15H2,1H3,(H,27,30)(H,28,32)/t25-/m0/s1. The summed E-state index contributed by atoms with van der Waals surface area (Å²) < 4.78 is 23.4. The third-order valence-corrected chi connectivity index (χ3v) is 7.09. The van der Waals surface area contributed by atoms with Crippen molar-refractivity contribution in [3.05, 3.63) is 42.0 Å². The van der Waals surface area contributed by atoms with Crippen LogP contribution >= 0.6 is 0 Å². The van der Waals surface area contributed by atoms with Crippen LogP contribution in [0, 0.1) is 0 Å². The van der Waals surface area contributed by atoms with Crippen LogP contribution in [0.25, 0.3) is 0 Å². The molecule has 10 heteroatoms. The number of carbonyl (C=O) groups is 3. The van der Waals surface area contributed by atoms with Gasteiger partial charge in [0.25, 0.3) is 11.7 Å². The molecular weight excluding hydrogens is 466 g/mol. The van der Waals surface area contributed by atoms with Crippen molar-refractivity contribution in [1.82, 2.24) is 10.2 Å². The van der Waals surface area contributed by atoms with E-state index in [0.717, 1.165) is 37.0 Å². The van der Waals surface area contributed by atoms with E-state index >= 15 is 0 Å². The van der Waals surface area contributed by atoms with Gasteiger partial charge in [0.15, 0.2) is 23.0 Å². The third-order valence-electron chi connectivity index (χ3n) is 7.09. The van der Waals surface area contributed by atoms with Gasteiger partial charge in [-0.1, -0.05) is 6.07 Å². The topological polar surface area (TPSA) is 115 Å². The molecular formula is C26H27N3O7. The zero-order valence-electron chi connectivity index (χ0n) is 19.9. The maximum Gasteiger partial charge on any atom is 0.325 e. The molecule has 36 heavy (non-hydrogen) atoms. The molecule has 0 bridgehead atoms. The number of anilines is 1. The van der Waals surface area contributed by atoms with Gasteiger partial charge >= 0.3 is 6.03 Å². The summed E-state index contributed by atoms with van der Waals surface area (Å²) in [5.41, 5.74) is -0.295. The van der Waals surface area contributed by atoms with Crippen LogP contribution in [0.1, 0.15) is 44.6 Å². The van der Waals surface area contributed by atoms with Crippen LogP contribution in [0.15, 0.2) is 36.4 Å². The first-order chi connectivity index (χ1) is 17.4. The van der Waals surface area contributed by atoms with Gasteiger partial charge in [-0.25, -0.2) is 4.79 Å². The molecule has 6 rings (SSSR count). The van der Waals surface area contributed by atoms with Crippen LogP contribution in [0.4, 0.5) is 10.5 Å². The Morgan fingerprint density at radius 3 is 2.47 bits per heavy atom. The van der Waals surface area contributed by atoms with E-state index in [2.05, 4.69) is 10.6 Å². The lowest BCUT2D eigenvalue weighted by molar-refractivity contribution is -0.133.